The number of nitrogens with zero attached hydrogens (tertiary/aromatic N) is 1. The van der Waals surface area contributed by atoms with Gasteiger partial charge in [0.15, 0.2) is 0 Å². The molecule has 0 unspecified atom stereocenters. The molecule has 1 aliphatic rings. The van der Waals surface area contributed by atoms with Crippen molar-refractivity contribution in [1.29, 1.82) is 0 Å². The van der Waals surface area contributed by atoms with Gasteiger partial charge in [-0.15, -0.1) is 0 Å². The molecule has 2 N–H and O–H groups in total. The van der Waals surface area contributed by atoms with Crippen molar-refractivity contribution in [2.45, 2.75) is 43.2 Å². The summed E-state index contributed by atoms with van der Waals surface area (Å²) in [5.74, 6) is 0. The monoisotopic (exact) mass is 336 g/mol. The number of benzene rings is 1. The number of nitrogens with two attached hydrogens (primary N) is 1. The molecule has 0 atom stereocenters. The van der Waals surface area contributed by atoms with E-state index in [1.165, 1.54) is 16.4 Å². The molecule has 1 aromatic rings. The highest BCUT2D eigenvalue weighted by Gasteiger charge is 2.32. The smallest absolute Gasteiger partial charge is 0.244 e. The molecule has 0 amide bonds. The van der Waals surface area contributed by atoms with Crippen LogP contribution in [0, 0.1) is 0 Å². The topological polar surface area (TPSA) is 63.4 Å². The summed E-state index contributed by atoms with van der Waals surface area (Å²) in [6, 6.07) is 3.03. The minimum absolute atomic E-state index is 0.0491. The molecule has 20 heavy (non-hydrogen) atoms. The van der Waals surface area contributed by atoms with Gasteiger partial charge in [-0.05, 0) is 25.0 Å². The predicted molar refractivity (Wildman–Crippen MR) is 81.6 cm³/mol. The molecule has 1 aliphatic carbocycles. The molecule has 1 fully saturated rings. The van der Waals surface area contributed by atoms with E-state index in [1.807, 2.05) is 0 Å². The minimum atomic E-state index is -3.62. The second kappa shape index (κ2) is 6.20. The Bertz CT molecular complexity index is 599. The summed E-state index contributed by atoms with van der Waals surface area (Å²) in [6.45, 7) is 0.105. The average Bonchev–Trinajstić information content (AvgIpc) is 2.91. The molecule has 0 saturated heterocycles. The van der Waals surface area contributed by atoms with Crippen LogP contribution in [0.25, 0.3) is 0 Å². The van der Waals surface area contributed by atoms with Crippen molar-refractivity contribution >= 4 is 33.2 Å². The maximum Gasteiger partial charge on any atom is 0.244 e. The fourth-order valence-electron chi connectivity index (χ4n) is 2.58. The van der Waals surface area contributed by atoms with Gasteiger partial charge in [-0.3, -0.25) is 0 Å². The Hall–Kier alpha value is -0.330. The van der Waals surface area contributed by atoms with E-state index in [4.69, 9.17) is 28.9 Å². The molecule has 2 rings (SSSR count). The molecule has 0 heterocycles. The fraction of sp³-hybridized carbons (Fsp3) is 0.538. The number of hydrogen-bond acceptors (Lipinski definition) is 3. The van der Waals surface area contributed by atoms with Crippen molar-refractivity contribution in [2.75, 3.05) is 7.05 Å². The van der Waals surface area contributed by atoms with E-state index in [0.29, 0.717) is 10.6 Å². The van der Waals surface area contributed by atoms with Gasteiger partial charge in [0.05, 0.1) is 5.02 Å². The van der Waals surface area contributed by atoms with Gasteiger partial charge in [-0.1, -0.05) is 36.0 Å². The predicted octanol–water partition coefficient (Wildman–Crippen LogP) is 3.02. The van der Waals surface area contributed by atoms with Crippen LogP contribution in [-0.4, -0.2) is 25.8 Å². The molecule has 0 aliphatic heterocycles. The van der Waals surface area contributed by atoms with Crippen molar-refractivity contribution in [3.63, 3.8) is 0 Å². The third-order valence-corrected chi connectivity index (χ3v) is 6.70. The van der Waals surface area contributed by atoms with Gasteiger partial charge in [0, 0.05) is 30.2 Å². The zero-order valence-corrected chi connectivity index (χ0v) is 13.6. The van der Waals surface area contributed by atoms with Crippen LogP contribution in [0.1, 0.15) is 31.2 Å². The SMILES string of the molecule is CN(C1CCCC1)S(=O)(=O)c1ccc(Cl)c(CN)c1Cl. The first-order valence-electron chi connectivity index (χ1n) is 6.54. The number of halogens is 2. The molecule has 0 bridgehead atoms. The van der Waals surface area contributed by atoms with Crippen molar-refractivity contribution < 1.29 is 8.42 Å². The summed E-state index contributed by atoms with van der Waals surface area (Å²) in [5, 5.41) is 0.518. The molecule has 112 valence electrons. The number of rotatable bonds is 4. The highest BCUT2D eigenvalue weighted by molar-refractivity contribution is 7.89. The van der Waals surface area contributed by atoms with E-state index in [1.54, 1.807) is 7.05 Å². The summed E-state index contributed by atoms with van der Waals surface area (Å²) in [4.78, 5) is 0.0819. The molecule has 0 aromatic heterocycles. The third-order valence-electron chi connectivity index (χ3n) is 3.85. The summed E-state index contributed by atoms with van der Waals surface area (Å²) < 4.78 is 26.8. The van der Waals surface area contributed by atoms with Crippen molar-refractivity contribution in [2.24, 2.45) is 5.73 Å². The summed E-state index contributed by atoms with van der Waals surface area (Å²) in [6.07, 6.45) is 3.91. The summed E-state index contributed by atoms with van der Waals surface area (Å²) >= 11 is 12.2. The first-order valence-corrected chi connectivity index (χ1v) is 8.74. The lowest BCUT2D eigenvalue weighted by molar-refractivity contribution is 0.373. The molecule has 7 heteroatoms. The van der Waals surface area contributed by atoms with Gasteiger partial charge < -0.3 is 5.73 Å². The van der Waals surface area contributed by atoms with E-state index in [2.05, 4.69) is 0 Å². The normalized spacial score (nSPS) is 17.1. The molecular weight excluding hydrogens is 319 g/mol. The first-order chi connectivity index (χ1) is 9.39. The first kappa shape index (κ1) is 16.0. The highest BCUT2D eigenvalue weighted by atomic mass is 35.5. The van der Waals surface area contributed by atoms with Gasteiger partial charge in [0.25, 0.3) is 0 Å². The standard InChI is InChI=1S/C13H18Cl2N2O2S/c1-17(9-4-2-3-5-9)20(18,19)12-7-6-11(14)10(8-16)13(12)15/h6-7,9H,2-5,8,16H2,1H3. The Morgan fingerprint density at radius 1 is 1.30 bits per heavy atom. The summed E-state index contributed by atoms with van der Waals surface area (Å²) in [7, 11) is -2.01. The van der Waals surface area contributed by atoms with Crippen LogP contribution >= 0.6 is 23.2 Å². The van der Waals surface area contributed by atoms with Crippen LogP contribution in [0.4, 0.5) is 0 Å². The van der Waals surface area contributed by atoms with Crippen LogP contribution in [0.3, 0.4) is 0 Å². The molecule has 0 radical (unpaired) electrons. The van der Waals surface area contributed by atoms with Crippen LogP contribution in [0.15, 0.2) is 17.0 Å². The average molecular weight is 337 g/mol. The quantitative estimate of drug-likeness (QED) is 0.919. The van der Waals surface area contributed by atoms with Crippen LogP contribution in [0.5, 0.6) is 0 Å². The lowest BCUT2D eigenvalue weighted by Crippen LogP contribution is -2.35. The van der Waals surface area contributed by atoms with Gasteiger partial charge in [-0.2, -0.15) is 4.31 Å². The van der Waals surface area contributed by atoms with Crippen LogP contribution in [0.2, 0.25) is 10.0 Å². The fourth-order valence-corrected chi connectivity index (χ4v) is 4.90. The van der Waals surface area contributed by atoms with Crippen molar-refractivity contribution in [3.05, 3.63) is 27.7 Å². The number of sulfonamides is 1. The van der Waals surface area contributed by atoms with Crippen LogP contribution < -0.4 is 5.73 Å². The van der Waals surface area contributed by atoms with E-state index in [9.17, 15) is 8.42 Å². The zero-order valence-electron chi connectivity index (χ0n) is 11.3. The van der Waals surface area contributed by atoms with Crippen LogP contribution in [-0.2, 0) is 16.6 Å². The van der Waals surface area contributed by atoms with E-state index in [-0.39, 0.29) is 22.5 Å². The second-order valence-electron chi connectivity index (χ2n) is 5.00. The third kappa shape index (κ3) is 2.83. The summed E-state index contributed by atoms with van der Waals surface area (Å²) in [5.41, 5.74) is 6.05. The number of hydrogen-bond donors (Lipinski definition) is 1. The molecule has 1 saturated carbocycles. The van der Waals surface area contributed by atoms with Gasteiger partial charge in [0.2, 0.25) is 10.0 Å². The van der Waals surface area contributed by atoms with E-state index in [0.717, 1.165) is 25.7 Å². The molecule has 4 nitrogen and oxygen atoms in total. The Morgan fingerprint density at radius 2 is 1.90 bits per heavy atom. The second-order valence-corrected chi connectivity index (χ2v) is 7.75. The highest BCUT2D eigenvalue weighted by Crippen LogP contribution is 2.34. The van der Waals surface area contributed by atoms with Crippen molar-refractivity contribution in [3.8, 4) is 0 Å². The van der Waals surface area contributed by atoms with Gasteiger partial charge in [-0.25, -0.2) is 8.42 Å². The van der Waals surface area contributed by atoms with Gasteiger partial charge in [0.1, 0.15) is 4.90 Å². The molecule has 0 spiro atoms. The Labute approximate surface area is 129 Å². The zero-order chi connectivity index (χ0) is 14.9. The molecule has 1 aromatic carbocycles. The lowest BCUT2D eigenvalue weighted by atomic mass is 10.2. The largest absolute Gasteiger partial charge is 0.326 e. The maximum atomic E-state index is 12.7. The van der Waals surface area contributed by atoms with E-state index >= 15 is 0 Å². The lowest BCUT2D eigenvalue weighted by Gasteiger charge is -2.24. The Balaban J connectivity index is 2.44. The Kier molecular flexibility index (Phi) is 4.97. The van der Waals surface area contributed by atoms with E-state index < -0.39 is 10.0 Å². The van der Waals surface area contributed by atoms with Gasteiger partial charge >= 0.3 is 0 Å². The maximum absolute atomic E-state index is 12.7. The molecular formula is C13H18Cl2N2O2S. The Morgan fingerprint density at radius 3 is 2.45 bits per heavy atom. The minimum Gasteiger partial charge on any atom is -0.326 e. The van der Waals surface area contributed by atoms with Crippen molar-refractivity contribution in [1.82, 2.24) is 4.31 Å².